The molecule has 1 heterocycles. The molecule has 156 valence electrons. The number of sulfonamides is 1. The van der Waals surface area contributed by atoms with Gasteiger partial charge in [0.1, 0.15) is 10.6 Å². The molecule has 1 amide bonds. The fourth-order valence-electron chi connectivity index (χ4n) is 3.20. The Morgan fingerprint density at radius 2 is 1.52 bits per heavy atom. The van der Waals surface area contributed by atoms with Crippen LogP contribution in [0.25, 0.3) is 0 Å². The van der Waals surface area contributed by atoms with Crippen molar-refractivity contribution in [2.24, 2.45) is 0 Å². The molecule has 2 aromatic rings. The molecule has 0 aliphatic carbocycles. The van der Waals surface area contributed by atoms with Crippen molar-refractivity contribution in [2.45, 2.75) is 17.7 Å². The van der Waals surface area contributed by atoms with Crippen LogP contribution in [0.5, 0.6) is 17.2 Å². The van der Waals surface area contributed by atoms with Gasteiger partial charge in [0.05, 0.1) is 21.3 Å². The minimum absolute atomic E-state index is 0.0122. The number of anilines is 1. The molecule has 0 aromatic heterocycles. The molecule has 1 aliphatic rings. The van der Waals surface area contributed by atoms with Crippen molar-refractivity contribution in [3.05, 3.63) is 42.0 Å². The number of benzene rings is 2. The fourth-order valence-corrected chi connectivity index (χ4v) is 4.90. The molecule has 9 heteroatoms. The van der Waals surface area contributed by atoms with E-state index in [0.717, 1.165) is 12.8 Å². The predicted octanol–water partition coefficient (Wildman–Crippen LogP) is 2.75. The van der Waals surface area contributed by atoms with Crippen LogP contribution in [0.2, 0.25) is 0 Å². The number of rotatable bonds is 7. The summed E-state index contributed by atoms with van der Waals surface area (Å²) in [7, 11) is 0.692. The van der Waals surface area contributed by atoms with Crippen molar-refractivity contribution in [1.29, 1.82) is 0 Å². The van der Waals surface area contributed by atoms with Gasteiger partial charge in [0.25, 0.3) is 5.91 Å². The predicted molar refractivity (Wildman–Crippen MR) is 108 cm³/mol. The zero-order valence-electron chi connectivity index (χ0n) is 16.6. The van der Waals surface area contributed by atoms with Crippen LogP contribution in [-0.2, 0) is 10.0 Å². The van der Waals surface area contributed by atoms with Gasteiger partial charge < -0.3 is 19.5 Å². The van der Waals surface area contributed by atoms with E-state index in [1.165, 1.54) is 43.8 Å². The Labute approximate surface area is 170 Å². The van der Waals surface area contributed by atoms with Crippen molar-refractivity contribution in [3.8, 4) is 17.2 Å². The van der Waals surface area contributed by atoms with Gasteiger partial charge in [-0.3, -0.25) is 4.79 Å². The van der Waals surface area contributed by atoms with Gasteiger partial charge in [0, 0.05) is 30.4 Å². The van der Waals surface area contributed by atoms with Crippen LogP contribution in [-0.4, -0.2) is 53.0 Å². The summed E-state index contributed by atoms with van der Waals surface area (Å²) >= 11 is 0. The molecule has 1 aliphatic heterocycles. The summed E-state index contributed by atoms with van der Waals surface area (Å²) in [5.74, 6) is 0.767. The topological polar surface area (TPSA) is 94.2 Å². The van der Waals surface area contributed by atoms with E-state index in [2.05, 4.69) is 5.32 Å². The first kappa shape index (κ1) is 20.9. The van der Waals surface area contributed by atoms with Crippen LogP contribution in [0.1, 0.15) is 23.2 Å². The van der Waals surface area contributed by atoms with Crippen LogP contribution < -0.4 is 19.5 Å². The number of nitrogens with one attached hydrogen (secondary N) is 1. The lowest BCUT2D eigenvalue weighted by Crippen LogP contribution is -2.28. The maximum absolute atomic E-state index is 13.0. The highest BCUT2D eigenvalue weighted by Crippen LogP contribution is 2.32. The molecular formula is C20H24N2O6S. The highest BCUT2D eigenvalue weighted by molar-refractivity contribution is 7.89. The van der Waals surface area contributed by atoms with E-state index in [4.69, 9.17) is 14.2 Å². The van der Waals surface area contributed by atoms with Crippen molar-refractivity contribution in [1.82, 2.24) is 4.31 Å². The Hall–Kier alpha value is -2.78. The Morgan fingerprint density at radius 3 is 2.14 bits per heavy atom. The van der Waals surface area contributed by atoms with Gasteiger partial charge in [-0.1, -0.05) is 0 Å². The summed E-state index contributed by atoms with van der Waals surface area (Å²) in [5.41, 5.74) is 0.700. The molecule has 1 fully saturated rings. The summed E-state index contributed by atoms with van der Waals surface area (Å²) in [6, 6.07) is 9.34. The third-order valence-corrected chi connectivity index (χ3v) is 6.67. The number of amides is 1. The molecular weight excluding hydrogens is 396 g/mol. The molecule has 3 rings (SSSR count). The van der Waals surface area contributed by atoms with E-state index in [1.54, 1.807) is 18.2 Å². The van der Waals surface area contributed by atoms with Gasteiger partial charge in [-0.15, -0.1) is 0 Å². The third kappa shape index (κ3) is 4.30. The third-order valence-electron chi connectivity index (χ3n) is 4.75. The molecule has 0 bridgehead atoms. The lowest BCUT2D eigenvalue weighted by Gasteiger charge is -2.18. The van der Waals surface area contributed by atoms with Crippen molar-refractivity contribution < 1.29 is 27.4 Å². The number of hydrogen-bond acceptors (Lipinski definition) is 6. The van der Waals surface area contributed by atoms with Crippen molar-refractivity contribution >= 4 is 21.6 Å². The second-order valence-electron chi connectivity index (χ2n) is 6.50. The summed E-state index contributed by atoms with van der Waals surface area (Å²) in [5, 5.41) is 2.75. The Bertz CT molecular complexity index is 1000. The Balaban J connectivity index is 1.90. The Morgan fingerprint density at radius 1 is 0.897 bits per heavy atom. The molecule has 0 saturated carbocycles. The second kappa shape index (κ2) is 8.71. The number of carbonyl (C=O) groups excluding carboxylic acids is 1. The molecule has 0 atom stereocenters. The first-order valence-corrected chi connectivity index (χ1v) is 10.6. The van der Waals surface area contributed by atoms with Gasteiger partial charge in [0.2, 0.25) is 10.0 Å². The second-order valence-corrected chi connectivity index (χ2v) is 8.41. The smallest absolute Gasteiger partial charge is 0.255 e. The molecule has 29 heavy (non-hydrogen) atoms. The number of methoxy groups -OCH3 is 3. The highest BCUT2D eigenvalue weighted by Gasteiger charge is 2.30. The lowest BCUT2D eigenvalue weighted by molar-refractivity contribution is 0.102. The normalized spacial score (nSPS) is 14.4. The zero-order valence-corrected chi connectivity index (χ0v) is 17.4. The number of nitrogens with zero attached hydrogens (tertiary/aromatic N) is 1. The lowest BCUT2D eigenvalue weighted by atomic mass is 10.2. The van der Waals surface area contributed by atoms with Crippen LogP contribution in [0.4, 0.5) is 5.69 Å². The van der Waals surface area contributed by atoms with Crippen molar-refractivity contribution in [2.75, 3.05) is 39.7 Å². The summed E-state index contributed by atoms with van der Waals surface area (Å²) in [4.78, 5) is 12.7. The largest absolute Gasteiger partial charge is 0.495 e. The van der Waals surface area contributed by atoms with E-state index < -0.39 is 15.9 Å². The van der Waals surface area contributed by atoms with E-state index in [-0.39, 0.29) is 16.2 Å². The summed E-state index contributed by atoms with van der Waals surface area (Å²) < 4.78 is 43.0. The van der Waals surface area contributed by atoms with E-state index in [9.17, 15) is 13.2 Å². The molecule has 8 nitrogen and oxygen atoms in total. The van der Waals surface area contributed by atoms with Gasteiger partial charge in [-0.2, -0.15) is 4.31 Å². The minimum Gasteiger partial charge on any atom is -0.495 e. The first-order chi connectivity index (χ1) is 13.9. The number of carbonyl (C=O) groups is 1. The SMILES string of the molecule is COc1ccc(NC(=O)c2ccc(OC)c(S(=O)(=O)N3CCCC3)c2)cc1OC. The van der Waals surface area contributed by atoms with Gasteiger partial charge >= 0.3 is 0 Å². The highest BCUT2D eigenvalue weighted by atomic mass is 32.2. The average molecular weight is 420 g/mol. The molecule has 0 radical (unpaired) electrons. The fraction of sp³-hybridized carbons (Fsp3) is 0.350. The quantitative estimate of drug-likeness (QED) is 0.740. The maximum Gasteiger partial charge on any atom is 0.255 e. The zero-order chi connectivity index (χ0) is 21.0. The molecule has 0 spiro atoms. The van der Waals surface area contributed by atoms with Gasteiger partial charge in [-0.25, -0.2) is 8.42 Å². The summed E-state index contributed by atoms with van der Waals surface area (Å²) in [6.07, 6.45) is 1.64. The monoisotopic (exact) mass is 420 g/mol. The number of hydrogen-bond donors (Lipinski definition) is 1. The van der Waals surface area contributed by atoms with Crippen LogP contribution >= 0.6 is 0 Å². The van der Waals surface area contributed by atoms with Gasteiger partial charge in [-0.05, 0) is 43.2 Å². The molecule has 2 aromatic carbocycles. The standard InChI is InChI=1S/C20H24N2O6S/c1-26-16-9-7-15(13-18(16)28-3)21-20(23)14-6-8-17(27-2)19(12-14)29(24,25)22-10-4-5-11-22/h6-9,12-13H,4-5,10-11H2,1-3H3,(H,21,23). The van der Waals surface area contributed by atoms with Crippen LogP contribution in [0.15, 0.2) is 41.3 Å². The van der Waals surface area contributed by atoms with E-state index in [1.807, 2.05) is 0 Å². The minimum atomic E-state index is -3.74. The molecule has 1 saturated heterocycles. The van der Waals surface area contributed by atoms with Crippen LogP contribution in [0.3, 0.4) is 0 Å². The van der Waals surface area contributed by atoms with Gasteiger partial charge in [0.15, 0.2) is 11.5 Å². The average Bonchev–Trinajstić information content (AvgIpc) is 3.29. The Kier molecular flexibility index (Phi) is 6.29. The molecule has 1 N–H and O–H groups in total. The maximum atomic E-state index is 13.0. The van der Waals surface area contributed by atoms with Crippen LogP contribution in [0, 0.1) is 0 Å². The summed E-state index contributed by atoms with van der Waals surface area (Å²) in [6.45, 7) is 0.932. The van der Waals surface area contributed by atoms with E-state index >= 15 is 0 Å². The molecule has 0 unspecified atom stereocenters. The first-order valence-electron chi connectivity index (χ1n) is 9.12. The van der Waals surface area contributed by atoms with Crippen molar-refractivity contribution in [3.63, 3.8) is 0 Å². The van der Waals surface area contributed by atoms with E-state index in [0.29, 0.717) is 30.3 Å². The number of ether oxygens (including phenoxy) is 3.